The number of thiophene rings is 1. The maximum atomic E-state index is 11.7. The van der Waals surface area contributed by atoms with Crippen LogP contribution in [0.2, 0.25) is 0 Å². The van der Waals surface area contributed by atoms with Crippen LogP contribution in [0.1, 0.15) is 33.3 Å². The second kappa shape index (κ2) is 10.1. The van der Waals surface area contributed by atoms with Gasteiger partial charge in [0.15, 0.2) is 5.78 Å². The number of rotatable bonds is 8. The van der Waals surface area contributed by atoms with Crippen molar-refractivity contribution in [2.24, 2.45) is 0 Å². The minimum absolute atomic E-state index is 0.117. The third-order valence-corrected chi connectivity index (χ3v) is 7.19. The molecule has 4 heteroatoms. The molecular weight excluding hydrogens is 436 g/mol. The van der Waals surface area contributed by atoms with Crippen molar-refractivity contribution in [3.63, 3.8) is 0 Å². The second-order valence-corrected chi connectivity index (χ2v) is 9.62. The zero-order valence-electron chi connectivity index (χ0n) is 19.1. The summed E-state index contributed by atoms with van der Waals surface area (Å²) in [6.45, 7) is 4.13. The lowest BCUT2D eigenvalue weighted by atomic mass is 10.1. The molecule has 0 unspecified atom stereocenters. The Morgan fingerprint density at radius 1 is 0.794 bits per heavy atom. The second-order valence-electron chi connectivity index (χ2n) is 8.54. The summed E-state index contributed by atoms with van der Waals surface area (Å²) in [5, 5.41) is 1.20. The number of fused-ring (bicyclic) bond motifs is 1. The lowest BCUT2D eigenvalue weighted by molar-refractivity contribution is 0.102. The van der Waals surface area contributed by atoms with Crippen molar-refractivity contribution in [2.75, 3.05) is 0 Å². The molecule has 0 saturated carbocycles. The van der Waals surface area contributed by atoms with Crippen molar-refractivity contribution in [2.45, 2.75) is 26.6 Å². The van der Waals surface area contributed by atoms with E-state index in [9.17, 15) is 4.79 Å². The molecule has 0 amide bonds. The number of hydrogen-bond donors (Lipinski definition) is 0. The number of carbonyl (C=O) groups is 1. The lowest BCUT2D eigenvalue weighted by Crippen LogP contribution is -2.22. The molecule has 0 aliphatic carbocycles. The average molecular weight is 463 g/mol. The van der Waals surface area contributed by atoms with E-state index < -0.39 is 0 Å². The van der Waals surface area contributed by atoms with Gasteiger partial charge in [-0.2, -0.15) is 0 Å². The molecule has 0 aliphatic heterocycles. The Bertz CT molecular complexity index is 1420. The standard InChI is InChI=1S/C30H26N2OS/c1-22(33)29-14-15-30(34-29)25-11-7-10-24(18-25)20-32(19-23-8-3-2-4-9-23)21-26-16-17-31-28-13-6-5-12-27(26)28/h2-18H,19-21H2,1H3. The minimum Gasteiger partial charge on any atom is -0.294 e. The van der Waals surface area contributed by atoms with E-state index in [4.69, 9.17) is 0 Å². The van der Waals surface area contributed by atoms with Crippen molar-refractivity contribution in [1.82, 2.24) is 9.88 Å². The van der Waals surface area contributed by atoms with Gasteiger partial charge < -0.3 is 0 Å². The lowest BCUT2D eigenvalue weighted by Gasteiger charge is -2.24. The molecule has 0 spiro atoms. The average Bonchev–Trinajstić information content (AvgIpc) is 3.36. The fourth-order valence-corrected chi connectivity index (χ4v) is 5.20. The summed E-state index contributed by atoms with van der Waals surface area (Å²) in [5.74, 6) is 0.117. The summed E-state index contributed by atoms with van der Waals surface area (Å²) in [6, 6.07) is 33.7. The highest BCUT2D eigenvalue weighted by atomic mass is 32.1. The molecule has 0 radical (unpaired) electrons. The summed E-state index contributed by atoms with van der Waals surface area (Å²) in [7, 11) is 0. The molecule has 0 aliphatic rings. The van der Waals surface area contributed by atoms with Crippen molar-refractivity contribution in [3.8, 4) is 10.4 Å². The van der Waals surface area contributed by atoms with Gasteiger partial charge in [0, 0.05) is 36.1 Å². The zero-order valence-corrected chi connectivity index (χ0v) is 20.0. The number of pyridine rings is 1. The van der Waals surface area contributed by atoms with Crippen LogP contribution in [0.5, 0.6) is 0 Å². The van der Waals surface area contributed by atoms with Crippen LogP contribution in [0.25, 0.3) is 21.3 Å². The number of hydrogen-bond acceptors (Lipinski definition) is 4. The van der Waals surface area contributed by atoms with E-state index in [1.165, 1.54) is 22.1 Å². The first-order chi connectivity index (χ1) is 16.7. The van der Waals surface area contributed by atoms with Crippen molar-refractivity contribution >= 4 is 28.0 Å². The van der Waals surface area contributed by atoms with Gasteiger partial charge in [-0.1, -0.05) is 66.7 Å². The number of nitrogens with zero attached hydrogens (tertiary/aromatic N) is 2. The van der Waals surface area contributed by atoms with Gasteiger partial charge >= 0.3 is 0 Å². The molecule has 5 aromatic rings. The van der Waals surface area contributed by atoms with E-state index in [1.807, 2.05) is 24.4 Å². The van der Waals surface area contributed by atoms with Crippen LogP contribution in [0.4, 0.5) is 0 Å². The first kappa shape index (κ1) is 22.2. The van der Waals surface area contributed by atoms with Gasteiger partial charge in [-0.25, -0.2) is 0 Å². The van der Waals surface area contributed by atoms with Crippen molar-refractivity contribution in [1.29, 1.82) is 0 Å². The Morgan fingerprint density at radius 2 is 1.56 bits per heavy atom. The molecule has 0 bridgehead atoms. The van der Waals surface area contributed by atoms with Gasteiger partial charge in [0.1, 0.15) is 0 Å². The molecule has 5 rings (SSSR count). The van der Waals surface area contributed by atoms with E-state index in [1.54, 1.807) is 18.3 Å². The summed E-state index contributed by atoms with van der Waals surface area (Å²) >= 11 is 1.56. The van der Waals surface area contributed by atoms with E-state index >= 15 is 0 Å². The van der Waals surface area contributed by atoms with Gasteiger partial charge in [-0.3, -0.25) is 14.7 Å². The van der Waals surface area contributed by atoms with Gasteiger partial charge in [-0.05, 0) is 59.5 Å². The number of Topliss-reactive ketones (excluding diaryl/α,β-unsaturated/α-hetero) is 1. The fraction of sp³-hybridized carbons (Fsp3) is 0.133. The fourth-order valence-electron chi connectivity index (χ4n) is 4.31. The smallest absolute Gasteiger partial charge is 0.169 e. The molecule has 0 N–H and O–H groups in total. The van der Waals surface area contributed by atoms with Crippen LogP contribution in [0.15, 0.2) is 103 Å². The zero-order chi connectivity index (χ0) is 23.3. The number of para-hydroxylation sites is 1. The van der Waals surface area contributed by atoms with Crippen LogP contribution in [-0.2, 0) is 19.6 Å². The summed E-state index contributed by atoms with van der Waals surface area (Å²) in [6.07, 6.45) is 1.91. The highest BCUT2D eigenvalue weighted by Crippen LogP contribution is 2.29. The molecule has 34 heavy (non-hydrogen) atoms. The number of benzene rings is 3. The molecular formula is C30H26N2OS. The van der Waals surface area contributed by atoms with Crippen LogP contribution in [-0.4, -0.2) is 15.7 Å². The molecule has 3 aromatic carbocycles. The summed E-state index contributed by atoms with van der Waals surface area (Å²) in [4.78, 5) is 20.7. The molecule has 2 heterocycles. The van der Waals surface area contributed by atoms with Gasteiger partial charge in [-0.15, -0.1) is 11.3 Å². The van der Waals surface area contributed by atoms with E-state index in [-0.39, 0.29) is 5.78 Å². The van der Waals surface area contributed by atoms with Gasteiger partial charge in [0.05, 0.1) is 10.4 Å². The molecule has 168 valence electrons. The minimum atomic E-state index is 0.117. The van der Waals surface area contributed by atoms with E-state index in [0.717, 1.165) is 40.5 Å². The predicted octanol–water partition coefficient (Wildman–Crippen LogP) is 7.37. The van der Waals surface area contributed by atoms with Crippen LogP contribution in [0.3, 0.4) is 0 Å². The highest BCUT2D eigenvalue weighted by Gasteiger charge is 2.12. The Balaban J connectivity index is 1.44. The number of carbonyl (C=O) groups excluding carboxylic acids is 1. The number of ketones is 1. The van der Waals surface area contributed by atoms with Crippen LogP contribution in [0, 0.1) is 0 Å². The predicted molar refractivity (Wildman–Crippen MR) is 141 cm³/mol. The van der Waals surface area contributed by atoms with Crippen molar-refractivity contribution in [3.05, 3.63) is 125 Å². The SMILES string of the molecule is CC(=O)c1ccc(-c2cccc(CN(Cc3ccccc3)Cc3ccnc4ccccc34)c2)s1. The van der Waals surface area contributed by atoms with E-state index in [2.05, 4.69) is 88.7 Å². The first-order valence-corrected chi connectivity index (χ1v) is 12.3. The highest BCUT2D eigenvalue weighted by molar-refractivity contribution is 7.17. The molecule has 0 fully saturated rings. The maximum absolute atomic E-state index is 11.7. The van der Waals surface area contributed by atoms with Crippen LogP contribution < -0.4 is 0 Å². The number of aromatic nitrogens is 1. The van der Waals surface area contributed by atoms with Gasteiger partial charge in [0.25, 0.3) is 0 Å². The van der Waals surface area contributed by atoms with Gasteiger partial charge in [0.2, 0.25) is 0 Å². The van der Waals surface area contributed by atoms with Crippen molar-refractivity contribution < 1.29 is 4.79 Å². The summed E-state index contributed by atoms with van der Waals surface area (Å²) < 4.78 is 0. The molecule has 0 saturated heterocycles. The monoisotopic (exact) mass is 462 g/mol. The quantitative estimate of drug-likeness (QED) is 0.226. The first-order valence-electron chi connectivity index (χ1n) is 11.4. The Kier molecular flexibility index (Phi) is 6.61. The molecule has 0 atom stereocenters. The molecule has 2 aromatic heterocycles. The molecule has 3 nitrogen and oxygen atoms in total. The topological polar surface area (TPSA) is 33.2 Å². The Morgan fingerprint density at radius 3 is 2.38 bits per heavy atom. The maximum Gasteiger partial charge on any atom is 0.169 e. The largest absolute Gasteiger partial charge is 0.294 e. The van der Waals surface area contributed by atoms with E-state index in [0.29, 0.717) is 0 Å². The van der Waals surface area contributed by atoms with Crippen LogP contribution >= 0.6 is 11.3 Å². The third kappa shape index (κ3) is 5.14. The Hall–Kier alpha value is -3.60. The third-order valence-electron chi connectivity index (χ3n) is 5.95. The Labute approximate surface area is 204 Å². The normalized spacial score (nSPS) is 11.2. The summed E-state index contributed by atoms with van der Waals surface area (Å²) in [5.41, 5.74) is 6.01.